The predicted octanol–water partition coefficient (Wildman–Crippen LogP) is 4.23. The Bertz CT molecular complexity index is 661. The molecule has 0 unspecified atom stereocenters. The van der Waals surface area contributed by atoms with E-state index in [4.69, 9.17) is 0 Å². The Hall–Kier alpha value is -2.13. The number of likely N-dealkylation sites (N-methyl/N-ethyl adjacent to an activating group) is 1. The SMILES string of the molecule is CN(C(=O)C[C@H](O)C(C)(C)C)[C@@H](Cc1ccccc1)c1ccccc1. The van der Waals surface area contributed by atoms with Gasteiger partial charge in [-0.15, -0.1) is 0 Å². The summed E-state index contributed by atoms with van der Waals surface area (Å²) >= 11 is 0. The van der Waals surface area contributed by atoms with Crippen LogP contribution in [0.2, 0.25) is 0 Å². The van der Waals surface area contributed by atoms with Gasteiger partial charge in [0.1, 0.15) is 0 Å². The second kappa shape index (κ2) is 8.30. The first-order chi connectivity index (χ1) is 11.8. The summed E-state index contributed by atoms with van der Waals surface area (Å²) < 4.78 is 0. The predicted molar refractivity (Wildman–Crippen MR) is 102 cm³/mol. The lowest BCUT2D eigenvalue weighted by molar-refractivity contribution is -0.135. The van der Waals surface area contributed by atoms with E-state index in [9.17, 15) is 9.90 Å². The van der Waals surface area contributed by atoms with Crippen LogP contribution in [-0.4, -0.2) is 29.1 Å². The highest BCUT2D eigenvalue weighted by atomic mass is 16.3. The smallest absolute Gasteiger partial charge is 0.225 e. The molecule has 2 atom stereocenters. The summed E-state index contributed by atoms with van der Waals surface area (Å²) in [7, 11) is 1.83. The molecule has 0 saturated heterocycles. The van der Waals surface area contributed by atoms with Crippen molar-refractivity contribution < 1.29 is 9.90 Å². The molecular weight excluding hydrogens is 310 g/mol. The van der Waals surface area contributed by atoms with Gasteiger partial charge in [0.2, 0.25) is 5.91 Å². The maximum atomic E-state index is 12.8. The van der Waals surface area contributed by atoms with E-state index in [2.05, 4.69) is 24.3 Å². The Morgan fingerprint density at radius 2 is 1.52 bits per heavy atom. The molecule has 0 bridgehead atoms. The second-order valence-corrected chi connectivity index (χ2v) is 7.71. The molecule has 0 saturated carbocycles. The molecule has 0 spiro atoms. The molecule has 0 aromatic heterocycles. The average Bonchev–Trinajstić information content (AvgIpc) is 2.60. The van der Waals surface area contributed by atoms with Gasteiger partial charge < -0.3 is 10.0 Å². The van der Waals surface area contributed by atoms with Crippen LogP contribution in [0.3, 0.4) is 0 Å². The second-order valence-electron chi connectivity index (χ2n) is 7.71. The minimum Gasteiger partial charge on any atom is -0.392 e. The van der Waals surface area contributed by atoms with Gasteiger partial charge in [-0.1, -0.05) is 81.4 Å². The fraction of sp³-hybridized carbons (Fsp3) is 0.409. The molecule has 0 aliphatic carbocycles. The largest absolute Gasteiger partial charge is 0.392 e. The molecular formula is C22H29NO2. The quantitative estimate of drug-likeness (QED) is 0.856. The summed E-state index contributed by atoms with van der Waals surface area (Å²) in [6.07, 6.45) is 0.229. The van der Waals surface area contributed by atoms with Gasteiger partial charge in [0.25, 0.3) is 0 Å². The molecule has 1 amide bonds. The summed E-state index contributed by atoms with van der Waals surface area (Å²) in [5.74, 6) is -0.0350. The van der Waals surface area contributed by atoms with Crippen LogP contribution in [0.4, 0.5) is 0 Å². The fourth-order valence-electron chi connectivity index (χ4n) is 2.78. The Balaban J connectivity index is 2.21. The first kappa shape index (κ1) is 19.2. The zero-order chi connectivity index (χ0) is 18.4. The highest BCUT2D eigenvalue weighted by Gasteiger charge is 2.28. The van der Waals surface area contributed by atoms with Crippen LogP contribution in [0.15, 0.2) is 60.7 Å². The van der Waals surface area contributed by atoms with Gasteiger partial charge in [0, 0.05) is 7.05 Å². The van der Waals surface area contributed by atoms with Crippen LogP contribution in [-0.2, 0) is 11.2 Å². The lowest BCUT2D eigenvalue weighted by atomic mass is 9.86. The average molecular weight is 339 g/mol. The first-order valence-electron chi connectivity index (χ1n) is 8.81. The van der Waals surface area contributed by atoms with Crippen LogP contribution in [0.25, 0.3) is 0 Å². The topological polar surface area (TPSA) is 40.5 Å². The van der Waals surface area contributed by atoms with Crippen LogP contribution >= 0.6 is 0 Å². The van der Waals surface area contributed by atoms with E-state index in [1.807, 2.05) is 64.2 Å². The van der Waals surface area contributed by atoms with E-state index < -0.39 is 6.10 Å². The number of nitrogens with zero attached hydrogens (tertiary/aromatic N) is 1. The molecule has 1 N–H and O–H groups in total. The molecule has 0 fully saturated rings. The fourth-order valence-corrected chi connectivity index (χ4v) is 2.78. The molecule has 3 heteroatoms. The van der Waals surface area contributed by atoms with Crippen LogP contribution in [0.5, 0.6) is 0 Å². The summed E-state index contributed by atoms with van der Waals surface area (Å²) in [6, 6.07) is 20.2. The van der Waals surface area contributed by atoms with Crippen LogP contribution in [0.1, 0.15) is 44.4 Å². The molecule has 0 aliphatic rings. The van der Waals surface area contributed by atoms with Crippen LogP contribution < -0.4 is 0 Å². The van der Waals surface area contributed by atoms with E-state index in [-0.39, 0.29) is 23.8 Å². The van der Waals surface area contributed by atoms with Gasteiger partial charge in [-0.2, -0.15) is 0 Å². The minimum atomic E-state index is -0.657. The van der Waals surface area contributed by atoms with E-state index in [1.54, 1.807) is 4.90 Å². The number of aliphatic hydroxyl groups excluding tert-OH is 1. The lowest BCUT2D eigenvalue weighted by Gasteiger charge is -2.32. The molecule has 0 aliphatic heterocycles. The monoisotopic (exact) mass is 339 g/mol. The third-order valence-electron chi connectivity index (χ3n) is 4.68. The van der Waals surface area contributed by atoms with E-state index >= 15 is 0 Å². The summed E-state index contributed by atoms with van der Waals surface area (Å²) in [6.45, 7) is 5.84. The number of rotatable bonds is 6. The third-order valence-corrected chi connectivity index (χ3v) is 4.68. The number of benzene rings is 2. The van der Waals surface area contributed by atoms with Crippen molar-refractivity contribution in [2.75, 3.05) is 7.05 Å². The first-order valence-corrected chi connectivity index (χ1v) is 8.81. The zero-order valence-corrected chi connectivity index (χ0v) is 15.6. The van der Waals surface area contributed by atoms with Gasteiger partial charge in [-0.05, 0) is 23.0 Å². The summed E-state index contributed by atoms with van der Waals surface area (Å²) in [5, 5.41) is 10.3. The van der Waals surface area contributed by atoms with E-state index in [0.29, 0.717) is 0 Å². The Morgan fingerprint density at radius 3 is 2.04 bits per heavy atom. The molecule has 2 aromatic rings. The number of aliphatic hydroxyl groups is 1. The number of hydrogen-bond donors (Lipinski definition) is 1. The highest BCUT2D eigenvalue weighted by Crippen LogP contribution is 2.27. The molecule has 0 radical (unpaired) electrons. The number of amides is 1. The van der Waals surface area contributed by atoms with Gasteiger partial charge in [-0.3, -0.25) is 4.79 Å². The van der Waals surface area contributed by atoms with Crippen molar-refractivity contribution in [1.82, 2.24) is 4.90 Å². The van der Waals surface area contributed by atoms with Gasteiger partial charge in [0.15, 0.2) is 0 Å². The third kappa shape index (κ3) is 5.43. The molecule has 0 heterocycles. The van der Waals surface area contributed by atoms with Gasteiger partial charge >= 0.3 is 0 Å². The van der Waals surface area contributed by atoms with Gasteiger partial charge in [0.05, 0.1) is 18.6 Å². The standard InChI is InChI=1S/C22H29NO2/c1-22(2,3)20(24)16-21(25)23(4)19(18-13-9-6-10-14-18)15-17-11-7-5-8-12-17/h5-14,19-20,24H,15-16H2,1-4H3/t19-,20-/m0/s1. The minimum absolute atomic E-state index is 0.0350. The van der Waals surface area contributed by atoms with Crippen LogP contribution in [0, 0.1) is 5.41 Å². The highest BCUT2D eigenvalue weighted by molar-refractivity contribution is 5.77. The molecule has 3 nitrogen and oxygen atoms in total. The molecule has 2 aromatic carbocycles. The molecule has 25 heavy (non-hydrogen) atoms. The Morgan fingerprint density at radius 1 is 1.00 bits per heavy atom. The number of carbonyl (C=O) groups is 1. The van der Waals surface area contributed by atoms with Crippen molar-refractivity contribution in [3.8, 4) is 0 Å². The van der Waals surface area contributed by atoms with Crippen molar-refractivity contribution in [3.05, 3.63) is 71.8 Å². The number of carbonyl (C=O) groups excluding carboxylic acids is 1. The van der Waals surface area contributed by atoms with Crippen molar-refractivity contribution in [1.29, 1.82) is 0 Å². The van der Waals surface area contributed by atoms with Crippen molar-refractivity contribution >= 4 is 5.91 Å². The summed E-state index contributed by atoms with van der Waals surface area (Å²) in [4.78, 5) is 14.5. The number of hydrogen-bond acceptors (Lipinski definition) is 2. The van der Waals surface area contributed by atoms with Crippen molar-refractivity contribution in [2.45, 2.75) is 45.8 Å². The van der Waals surface area contributed by atoms with Gasteiger partial charge in [-0.25, -0.2) is 0 Å². The van der Waals surface area contributed by atoms with E-state index in [1.165, 1.54) is 5.56 Å². The zero-order valence-electron chi connectivity index (χ0n) is 15.6. The summed E-state index contributed by atoms with van der Waals surface area (Å²) in [5.41, 5.74) is 1.98. The molecule has 134 valence electrons. The lowest BCUT2D eigenvalue weighted by Crippen LogP contribution is -2.37. The maximum absolute atomic E-state index is 12.8. The maximum Gasteiger partial charge on any atom is 0.225 e. The van der Waals surface area contributed by atoms with E-state index in [0.717, 1.165) is 12.0 Å². The van der Waals surface area contributed by atoms with Crippen molar-refractivity contribution in [3.63, 3.8) is 0 Å². The van der Waals surface area contributed by atoms with Crippen molar-refractivity contribution in [2.24, 2.45) is 5.41 Å². The Labute approximate surface area is 151 Å². The normalized spacial score (nSPS) is 14.0. The Kier molecular flexibility index (Phi) is 6.38. The molecule has 2 rings (SSSR count).